The average Bonchev–Trinajstić information content (AvgIpc) is 3.18. The molecule has 148 valence electrons. The third-order valence-electron chi connectivity index (χ3n) is 5.16. The quantitative estimate of drug-likeness (QED) is 0.849. The van der Waals surface area contributed by atoms with Crippen molar-refractivity contribution >= 4 is 11.9 Å². The molecule has 1 N–H and O–H groups in total. The maximum atomic E-state index is 13.6. The van der Waals surface area contributed by atoms with Gasteiger partial charge in [-0.2, -0.15) is 0 Å². The summed E-state index contributed by atoms with van der Waals surface area (Å²) < 4.78 is 25.0. The van der Waals surface area contributed by atoms with Crippen LogP contribution in [0.1, 0.15) is 28.8 Å². The fraction of sp³-hybridized carbons (Fsp3) is 0.450. The molecule has 2 aliphatic heterocycles. The first-order valence-corrected chi connectivity index (χ1v) is 9.52. The number of hydrogen-bond donors (Lipinski definition) is 1. The van der Waals surface area contributed by atoms with Gasteiger partial charge in [0.2, 0.25) is 5.95 Å². The maximum Gasteiger partial charge on any atom is 0.256 e. The Bertz CT molecular complexity index is 814. The molecule has 1 aromatic heterocycles. The van der Waals surface area contributed by atoms with Crippen LogP contribution in [0.2, 0.25) is 0 Å². The van der Waals surface area contributed by atoms with Gasteiger partial charge in [-0.15, -0.1) is 0 Å². The van der Waals surface area contributed by atoms with Crippen molar-refractivity contribution in [3.63, 3.8) is 0 Å². The molecule has 1 aromatic carbocycles. The molecule has 0 saturated carbocycles. The first kappa shape index (κ1) is 18.8. The normalized spacial score (nSPS) is 18.4. The highest BCUT2D eigenvalue weighted by atomic mass is 19.1. The van der Waals surface area contributed by atoms with E-state index in [9.17, 15) is 9.18 Å². The lowest BCUT2D eigenvalue weighted by Gasteiger charge is -2.37. The highest BCUT2D eigenvalue weighted by molar-refractivity contribution is 5.93. The highest BCUT2D eigenvalue weighted by Gasteiger charge is 2.40. The number of hydrogen-bond acceptors (Lipinski definition) is 6. The van der Waals surface area contributed by atoms with Crippen LogP contribution in [0, 0.1) is 5.82 Å². The van der Waals surface area contributed by atoms with E-state index in [4.69, 9.17) is 9.47 Å². The number of halogens is 1. The summed E-state index contributed by atoms with van der Waals surface area (Å²) in [5, 5.41) is 3.05. The molecule has 2 fully saturated rings. The number of aromatic nitrogens is 2. The van der Waals surface area contributed by atoms with Crippen molar-refractivity contribution in [3.05, 3.63) is 53.6 Å². The van der Waals surface area contributed by atoms with Gasteiger partial charge < -0.3 is 19.7 Å². The first-order chi connectivity index (χ1) is 13.7. The molecule has 0 radical (unpaired) electrons. The maximum absolute atomic E-state index is 13.6. The van der Waals surface area contributed by atoms with Crippen LogP contribution in [0.3, 0.4) is 0 Å². The zero-order valence-corrected chi connectivity index (χ0v) is 15.6. The van der Waals surface area contributed by atoms with Crippen LogP contribution in [-0.2, 0) is 15.9 Å². The molecule has 0 atom stereocenters. The van der Waals surface area contributed by atoms with Crippen LogP contribution < -0.4 is 5.32 Å². The lowest BCUT2D eigenvalue weighted by atomic mass is 10.0. The lowest BCUT2D eigenvalue weighted by molar-refractivity contribution is -0.181. The van der Waals surface area contributed by atoms with E-state index < -0.39 is 5.79 Å². The summed E-state index contributed by atoms with van der Waals surface area (Å²) in [5.74, 6) is -0.397. The van der Waals surface area contributed by atoms with Crippen molar-refractivity contribution in [2.24, 2.45) is 0 Å². The van der Waals surface area contributed by atoms with Gasteiger partial charge in [-0.3, -0.25) is 4.79 Å². The van der Waals surface area contributed by atoms with Gasteiger partial charge in [0.15, 0.2) is 5.79 Å². The van der Waals surface area contributed by atoms with Gasteiger partial charge in [-0.25, -0.2) is 14.4 Å². The molecule has 2 aliphatic rings. The smallest absolute Gasteiger partial charge is 0.256 e. The Morgan fingerprint density at radius 2 is 1.82 bits per heavy atom. The second kappa shape index (κ2) is 8.20. The van der Waals surface area contributed by atoms with E-state index in [0.29, 0.717) is 69.2 Å². The predicted molar refractivity (Wildman–Crippen MR) is 100 cm³/mol. The van der Waals surface area contributed by atoms with E-state index in [0.717, 1.165) is 0 Å². The van der Waals surface area contributed by atoms with Crippen LogP contribution in [0.25, 0.3) is 0 Å². The zero-order valence-electron chi connectivity index (χ0n) is 15.6. The molecule has 28 heavy (non-hydrogen) atoms. The van der Waals surface area contributed by atoms with Crippen LogP contribution in [0.4, 0.5) is 10.3 Å². The Kier molecular flexibility index (Phi) is 5.50. The second-order valence-electron chi connectivity index (χ2n) is 6.96. The number of likely N-dealkylation sites (tertiary alicyclic amines) is 1. The number of amides is 1. The number of nitrogens with zero attached hydrogens (tertiary/aromatic N) is 3. The monoisotopic (exact) mass is 386 g/mol. The number of rotatable bonds is 5. The third kappa shape index (κ3) is 4.13. The summed E-state index contributed by atoms with van der Waals surface area (Å²) >= 11 is 0. The van der Waals surface area contributed by atoms with E-state index in [1.165, 1.54) is 18.5 Å². The van der Waals surface area contributed by atoms with Gasteiger partial charge in [0.05, 0.1) is 18.8 Å². The van der Waals surface area contributed by atoms with Crippen molar-refractivity contribution in [1.29, 1.82) is 0 Å². The van der Waals surface area contributed by atoms with Crippen molar-refractivity contribution in [2.75, 3.05) is 38.2 Å². The molecule has 2 aromatic rings. The van der Waals surface area contributed by atoms with Gasteiger partial charge in [-0.1, -0.05) is 18.2 Å². The summed E-state index contributed by atoms with van der Waals surface area (Å²) in [6.07, 6.45) is 4.92. The van der Waals surface area contributed by atoms with E-state index in [1.54, 1.807) is 17.0 Å². The van der Waals surface area contributed by atoms with Crippen molar-refractivity contribution < 1.29 is 18.7 Å². The predicted octanol–water partition coefficient (Wildman–Crippen LogP) is 2.25. The molecule has 4 rings (SSSR count). The fourth-order valence-corrected chi connectivity index (χ4v) is 3.56. The summed E-state index contributed by atoms with van der Waals surface area (Å²) in [5.41, 5.74) is 1.09. The van der Waals surface area contributed by atoms with Crippen molar-refractivity contribution in [2.45, 2.75) is 25.0 Å². The molecule has 0 aliphatic carbocycles. The molecule has 8 heteroatoms. The highest BCUT2D eigenvalue weighted by Crippen LogP contribution is 2.31. The van der Waals surface area contributed by atoms with Gasteiger partial charge >= 0.3 is 0 Å². The summed E-state index contributed by atoms with van der Waals surface area (Å²) in [6.45, 7) is 2.91. The summed E-state index contributed by atoms with van der Waals surface area (Å²) in [7, 11) is 0. The van der Waals surface area contributed by atoms with Crippen LogP contribution >= 0.6 is 0 Å². The Hall–Kier alpha value is -2.58. The van der Waals surface area contributed by atoms with Gasteiger partial charge in [0.1, 0.15) is 5.82 Å². The second-order valence-corrected chi connectivity index (χ2v) is 6.96. The minimum absolute atomic E-state index is 0.0919. The average molecular weight is 386 g/mol. The third-order valence-corrected chi connectivity index (χ3v) is 5.16. The topological polar surface area (TPSA) is 76.6 Å². The number of anilines is 1. The molecule has 1 amide bonds. The van der Waals surface area contributed by atoms with Gasteiger partial charge in [0, 0.05) is 44.9 Å². The lowest BCUT2D eigenvalue weighted by Crippen LogP contribution is -2.47. The van der Waals surface area contributed by atoms with Crippen LogP contribution in [-0.4, -0.2) is 59.4 Å². The van der Waals surface area contributed by atoms with E-state index in [2.05, 4.69) is 15.3 Å². The molecule has 2 saturated heterocycles. The fourth-order valence-electron chi connectivity index (χ4n) is 3.56. The molecule has 0 bridgehead atoms. The van der Waals surface area contributed by atoms with Crippen molar-refractivity contribution in [3.8, 4) is 0 Å². The molecule has 1 spiro atoms. The SMILES string of the molecule is O=C(c1cnc(NCCc2ccccc2F)nc1)N1CCC2(CC1)OCCO2. The minimum atomic E-state index is -0.501. The van der Waals surface area contributed by atoms with E-state index >= 15 is 0 Å². The number of carbonyl (C=O) groups is 1. The van der Waals surface area contributed by atoms with Crippen LogP contribution in [0.5, 0.6) is 0 Å². The Morgan fingerprint density at radius 1 is 1.14 bits per heavy atom. The van der Waals surface area contributed by atoms with Crippen molar-refractivity contribution in [1.82, 2.24) is 14.9 Å². The molecular weight excluding hydrogens is 363 g/mol. The Labute approximate surface area is 162 Å². The number of carbonyl (C=O) groups excluding carboxylic acids is 1. The number of piperidine rings is 1. The Morgan fingerprint density at radius 3 is 2.50 bits per heavy atom. The number of nitrogens with one attached hydrogen (secondary N) is 1. The largest absolute Gasteiger partial charge is 0.354 e. The Balaban J connectivity index is 1.28. The summed E-state index contributed by atoms with van der Waals surface area (Å²) in [6, 6.07) is 6.67. The zero-order chi connectivity index (χ0) is 19.4. The van der Waals surface area contributed by atoms with E-state index in [1.807, 2.05) is 6.07 Å². The number of ether oxygens (including phenoxy) is 2. The van der Waals surface area contributed by atoms with E-state index in [-0.39, 0.29) is 11.7 Å². The van der Waals surface area contributed by atoms with Crippen LogP contribution in [0.15, 0.2) is 36.7 Å². The molecule has 7 nitrogen and oxygen atoms in total. The van der Waals surface area contributed by atoms with Gasteiger partial charge in [0.25, 0.3) is 5.91 Å². The molecule has 0 unspecified atom stereocenters. The minimum Gasteiger partial charge on any atom is -0.354 e. The summed E-state index contributed by atoms with van der Waals surface area (Å²) in [4.78, 5) is 22.8. The first-order valence-electron chi connectivity index (χ1n) is 9.52. The molecule has 3 heterocycles. The number of benzene rings is 1. The standard InChI is InChI=1S/C20H23FN4O3/c21-17-4-2-1-3-15(17)5-8-22-19-23-13-16(14-24-19)18(26)25-9-6-20(7-10-25)27-11-12-28-20/h1-4,13-14H,5-12H2,(H,22,23,24). The molecular formula is C20H23FN4O3. The van der Waals surface area contributed by atoms with Gasteiger partial charge in [-0.05, 0) is 18.1 Å².